The van der Waals surface area contributed by atoms with Crippen LogP contribution in [0.5, 0.6) is 0 Å². The lowest BCUT2D eigenvalue weighted by Gasteiger charge is -2.21. The fraction of sp³-hybridized carbons (Fsp3) is 0.600. The van der Waals surface area contributed by atoms with Gasteiger partial charge in [0.05, 0.1) is 11.2 Å². The summed E-state index contributed by atoms with van der Waals surface area (Å²) in [6.07, 6.45) is 7.06. The van der Waals surface area contributed by atoms with Gasteiger partial charge in [-0.15, -0.1) is 0 Å². The quantitative estimate of drug-likeness (QED) is 0.792. The monoisotopic (exact) mass is 358 g/mol. The van der Waals surface area contributed by atoms with Crippen molar-refractivity contribution in [2.75, 3.05) is 36.5 Å². The molecule has 25 heavy (non-hydrogen) atoms. The highest BCUT2D eigenvalue weighted by molar-refractivity contribution is 7.98. The smallest absolute Gasteiger partial charge is 0.226 e. The Labute approximate surface area is 155 Å². The summed E-state index contributed by atoms with van der Waals surface area (Å²) in [5.74, 6) is 2.15. The van der Waals surface area contributed by atoms with Gasteiger partial charge < -0.3 is 10.2 Å². The summed E-state index contributed by atoms with van der Waals surface area (Å²) in [6, 6.07) is 7.08. The van der Waals surface area contributed by atoms with Gasteiger partial charge in [0.1, 0.15) is 0 Å². The molecule has 1 atom stereocenters. The molecule has 0 amide bonds. The van der Waals surface area contributed by atoms with Crippen LogP contribution in [0.1, 0.15) is 36.9 Å². The normalized spacial score (nSPS) is 18.5. The maximum absolute atomic E-state index is 4.87. The average molecular weight is 359 g/mol. The summed E-state index contributed by atoms with van der Waals surface area (Å²) in [7, 11) is 0. The third-order valence-corrected chi connectivity index (χ3v) is 5.70. The number of anilines is 1. The molecule has 0 saturated carbocycles. The average Bonchev–Trinajstić information content (AvgIpc) is 2.84. The molecule has 2 aromatic rings. The minimum atomic E-state index is 0.635. The Bertz CT molecular complexity index is 703. The number of rotatable bonds is 6. The van der Waals surface area contributed by atoms with Gasteiger partial charge in [0, 0.05) is 24.5 Å². The Morgan fingerprint density at radius 1 is 1.20 bits per heavy atom. The summed E-state index contributed by atoms with van der Waals surface area (Å²) in [5, 5.41) is 4.90. The van der Waals surface area contributed by atoms with E-state index < -0.39 is 0 Å². The van der Waals surface area contributed by atoms with Crippen molar-refractivity contribution in [3.63, 3.8) is 0 Å². The number of nitrogens with one attached hydrogen (secondary N) is 1. The van der Waals surface area contributed by atoms with Gasteiger partial charge >= 0.3 is 0 Å². The number of aromatic nitrogens is 2. The molecule has 2 heterocycles. The van der Waals surface area contributed by atoms with E-state index in [1.165, 1.54) is 37.0 Å². The van der Waals surface area contributed by atoms with Crippen molar-refractivity contribution >= 4 is 28.6 Å². The van der Waals surface area contributed by atoms with Gasteiger partial charge in [-0.1, -0.05) is 12.1 Å². The van der Waals surface area contributed by atoms with Gasteiger partial charge in [0.25, 0.3) is 0 Å². The first-order valence-corrected chi connectivity index (χ1v) is 10.8. The maximum atomic E-state index is 4.87. The molecule has 1 N–H and O–H groups in total. The lowest BCUT2D eigenvalue weighted by atomic mass is 10.1. The summed E-state index contributed by atoms with van der Waals surface area (Å²) < 4.78 is 0. The first-order valence-electron chi connectivity index (χ1n) is 9.39. The third-order valence-electron chi connectivity index (χ3n) is 5.00. The molecule has 1 aromatic heterocycles. The maximum Gasteiger partial charge on any atom is 0.226 e. The van der Waals surface area contributed by atoms with E-state index >= 15 is 0 Å². The molecule has 1 aliphatic rings. The Kier molecular flexibility index (Phi) is 6.54. The van der Waals surface area contributed by atoms with E-state index in [0.29, 0.717) is 6.04 Å². The fourth-order valence-corrected chi connectivity index (χ4v) is 3.98. The highest BCUT2D eigenvalue weighted by Crippen LogP contribution is 2.22. The van der Waals surface area contributed by atoms with Gasteiger partial charge in [0.2, 0.25) is 5.95 Å². The molecule has 0 spiro atoms. The number of nitrogens with zero attached hydrogens (tertiary/aromatic N) is 3. The molecule has 1 saturated heterocycles. The second kappa shape index (κ2) is 8.86. The van der Waals surface area contributed by atoms with Crippen LogP contribution in [-0.2, 0) is 0 Å². The number of hydrogen-bond donors (Lipinski definition) is 1. The predicted molar refractivity (Wildman–Crippen MR) is 110 cm³/mol. The van der Waals surface area contributed by atoms with Gasteiger partial charge in [-0.25, -0.2) is 9.97 Å². The van der Waals surface area contributed by atoms with Gasteiger partial charge in [-0.2, -0.15) is 11.8 Å². The van der Waals surface area contributed by atoms with Crippen LogP contribution in [0.2, 0.25) is 0 Å². The molecule has 0 bridgehead atoms. The Balaban J connectivity index is 1.67. The van der Waals surface area contributed by atoms with Crippen molar-refractivity contribution < 1.29 is 0 Å². The molecule has 1 aromatic carbocycles. The molecule has 4 nitrogen and oxygen atoms in total. The minimum Gasteiger partial charge on any atom is -0.341 e. The van der Waals surface area contributed by atoms with Crippen LogP contribution in [-0.4, -0.2) is 47.7 Å². The topological polar surface area (TPSA) is 41.0 Å². The number of fused-ring (bicyclic) bond motifs is 1. The first kappa shape index (κ1) is 18.5. The lowest BCUT2D eigenvalue weighted by Crippen LogP contribution is -2.32. The standard InChI is InChI=1S/C20H30N4S/c1-15-7-8-18-16(2)22-20(23-19(18)14-15)24-11-4-6-17(9-12-24)21-10-5-13-25-3/h7-8,14,17,21H,4-6,9-13H2,1-3H3. The molecular weight excluding hydrogens is 328 g/mol. The highest BCUT2D eigenvalue weighted by atomic mass is 32.2. The van der Waals surface area contributed by atoms with Crippen LogP contribution in [0.25, 0.3) is 10.9 Å². The van der Waals surface area contributed by atoms with Crippen molar-refractivity contribution in [3.05, 3.63) is 29.5 Å². The fourth-order valence-electron chi connectivity index (χ4n) is 3.55. The molecule has 136 valence electrons. The zero-order chi connectivity index (χ0) is 17.6. The largest absolute Gasteiger partial charge is 0.341 e. The molecule has 3 rings (SSSR count). The van der Waals surface area contributed by atoms with E-state index in [2.05, 4.69) is 48.5 Å². The molecule has 0 aliphatic carbocycles. The number of benzene rings is 1. The zero-order valence-electron chi connectivity index (χ0n) is 15.7. The number of thioether (sulfide) groups is 1. The van der Waals surface area contributed by atoms with Gasteiger partial charge in [0.15, 0.2) is 0 Å². The Hall–Kier alpha value is -1.33. The summed E-state index contributed by atoms with van der Waals surface area (Å²) in [4.78, 5) is 12.0. The van der Waals surface area contributed by atoms with Gasteiger partial charge in [-0.05, 0) is 69.7 Å². The number of aryl methyl sites for hydroxylation is 2. The Morgan fingerprint density at radius 3 is 2.92 bits per heavy atom. The highest BCUT2D eigenvalue weighted by Gasteiger charge is 2.19. The second-order valence-electron chi connectivity index (χ2n) is 7.04. The zero-order valence-corrected chi connectivity index (χ0v) is 16.5. The van der Waals surface area contributed by atoms with E-state index in [1.807, 2.05) is 11.8 Å². The summed E-state index contributed by atoms with van der Waals surface area (Å²) >= 11 is 1.93. The van der Waals surface area contributed by atoms with E-state index in [4.69, 9.17) is 9.97 Å². The predicted octanol–water partition coefficient (Wildman–Crippen LogP) is 3.95. The van der Waals surface area contributed by atoms with Crippen molar-refractivity contribution in [3.8, 4) is 0 Å². The van der Waals surface area contributed by atoms with E-state index in [1.54, 1.807) is 0 Å². The number of hydrogen-bond acceptors (Lipinski definition) is 5. The molecule has 1 aliphatic heterocycles. The van der Waals surface area contributed by atoms with E-state index in [-0.39, 0.29) is 0 Å². The van der Waals surface area contributed by atoms with Crippen LogP contribution in [0, 0.1) is 13.8 Å². The molecule has 0 radical (unpaired) electrons. The van der Waals surface area contributed by atoms with Gasteiger partial charge in [-0.3, -0.25) is 0 Å². The van der Waals surface area contributed by atoms with Crippen molar-refractivity contribution in [2.45, 2.75) is 45.6 Å². The van der Waals surface area contributed by atoms with Crippen LogP contribution < -0.4 is 10.2 Å². The van der Waals surface area contributed by atoms with Crippen molar-refractivity contribution in [1.82, 2.24) is 15.3 Å². The second-order valence-corrected chi connectivity index (χ2v) is 8.03. The van der Waals surface area contributed by atoms with Crippen molar-refractivity contribution in [1.29, 1.82) is 0 Å². The van der Waals surface area contributed by atoms with E-state index in [9.17, 15) is 0 Å². The van der Waals surface area contributed by atoms with Crippen LogP contribution in [0.15, 0.2) is 18.2 Å². The SMILES string of the molecule is CSCCCNC1CCCN(c2nc(C)c3ccc(C)cc3n2)CC1. The third kappa shape index (κ3) is 4.85. The minimum absolute atomic E-state index is 0.635. The van der Waals surface area contributed by atoms with Crippen molar-refractivity contribution in [2.24, 2.45) is 0 Å². The first-order chi connectivity index (χ1) is 12.2. The molecular formula is C20H30N4S. The van der Waals surface area contributed by atoms with Crippen LogP contribution in [0.3, 0.4) is 0 Å². The summed E-state index contributed by atoms with van der Waals surface area (Å²) in [6.45, 7) is 7.44. The molecule has 1 unspecified atom stereocenters. The Morgan fingerprint density at radius 2 is 2.08 bits per heavy atom. The molecule has 1 fully saturated rings. The molecule has 5 heteroatoms. The van der Waals surface area contributed by atoms with Crippen LogP contribution in [0.4, 0.5) is 5.95 Å². The van der Waals surface area contributed by atoms with Crippen LogP contribution >= 0.6 is 11.8 Å². The lowest BCUT2D eigenvalue weighted by molar-refractivity contribution is 0.472. The van der Waals surface area contributed by atoms with E-state index in [0.717, 1.165) is 42.2 Å². The summed E-state index contributed by atoms with van der Waals surface area (Å²) in [5.41, 5.74) is 3.40.